The van der Waals surface area contributed by atoms with E-state index in [9.17, 15) is 5.26 Å². The van der Waals surface area contributed by atoms with Crippen LogP contribution in [0.3, 0.4) is 0 Å². The first-order chi connectivity index (χ1) is 21.2. The standard InChI is InChI=1S/C39H24N4/c1-25-21-38(27(24-40)23-33(25)41-2)43-35-17-9-7-14-31(35)39-29(15-10-18-37(39)43)26-19-20-36-32(22-26)30-13-6-8-16-34(30)42(36)28-11-4-3-5-12-28/h3-23H,1H3. The molecule has 0 aliphatic carbocycles. The predicted octanol–water partition coefficient (Wildman–Crippen LogP) is 10.3. The lowest BCUT2D eigenvalue weighted by Gasteiger charge is -2.12. The molecule has 0 saturated carbocycles. The van der Waals surface area contributed by atoms with Gasteiger partial charge in [0.1, 0.15) is 0 Å². The quantitative estimate of drug-likeness (QED) is 0.202. The minimum atomic E-state index is 0.486. The zero-order chi connectivity index (χ0) is 29.1. The molecule has 0 bridgehead atoms. The second-order valence-corrected chi connectivity index (χ2v) is 10.9. The van der Waals surface area contributed by atoms with Crippen LogP contribution in [0, 0.1) is 24.8 Å². The number of nitriles is 1. The molecule has 8 rings (SSSR count). The van der Waals surface area contributed by atoms with Crippen molar-refractivity contribution < 1.29 is 0 Å². The van der Waals surface area contributed by atoms with Gasteiger partial charge in [-0.3, -0.25) is 0 Å². The van der Waals surface area contributed by atoms with Gasteiger partial charge in [0, 0.05) is 27.2 Å². The highest BCUT2D eigenvalue weighted by molar-refractivity contribution is 6.17. The minimum Gasteiger partial charge on any atom is -0.309 e. The third-order valence-corrected chi connectivity index (χ3v) is 8.49. The summed E-state index contributed by atoms with van der Waals surface area (Å²) in [5.41, 5.74) is 10.4. The van der Waals surface area contributed by atoms with E-state index in [4.69, 9.17) is 6.57 Å². The van der Waals surface area contributed by atoms with Crippen LogP contribution < -0.4 is 0 Å². The van der Waals surface area contributed by atoms with Crippen molar-refractivity contribution in [2.45, 2.75) is 6.92 Å². The number of benzene rings is 6. The molecule has 200 valence electrons. The molecular weight excluding hydrogens is 524 g/mol. The summed E-state index contributed by atoms with van der Waals surface area (Å²) >= 11 is 0. The smallest absolute Gasteiger partial charge is 0.191 e. The van der Waals surface area contributed by atoms with Crippen molar-refractivity contribution in [1.29, 1.82) is 5.26 Å². The molecule has 0 spiro atoms. The lowest BCUT2D eigenvalue weighted by Crippen LogP contribution is -1.98. The van der Waals surface area contributed by atoms with E-state index in [0.717, 1.165) is 49.9 Å². The highest BCUT2D eigenvalue weighted by Gasteiger charge is 2.20. The Morgan fingerprint density at radius 1 is 0.628 bits per heavy atom. The molecule has 0 fully saturated rings. The first-order valence-corrected chi connectivity index (χ1v) is 14.2. The van der Waals surface area contributed by atoms with Gasteiger partial charge in [0.15, 0.2) is 5.69 Å². The van der Waals surface area contributed by atoms with E-state index in [1.165, 1.54) is 21.8 Å². The Morgan fingerprint density at radius 3 is 2.07 bits per heavy atom. The number of nitrogens with zero attached hydrogens (tertiary/aromatic N) is 4. The molecule has 0 N–H and O–H groups in total. The molecule has 2 heterocycles. The topological polar surface area (TPSA) is 38.0 Å². The normalized spacial score (nSPS) is 11.3. The first-order valence-electron chi connectivity index (χ1n) is 14.2. The summed E-state index contributed by atoms with van der Waals surface area (Å²) < 4.78 is 4.51. The van der Waals surface area contributed by atoms with Crippen molar-refractivity contribution in [2.24, 2.45) is 0 Å². The zero-order valence-corrected chi connectivity index (χ0v) is 23.4. The molecule has 4 nitrogen and oxygen atoms in total. The van der Waals surface area contributed by atoms with E-state index in [0.29, 0.717) is 11.3 Å². The molecule has 0 unspecified atom stereocenters. The van der Waals surface area contributed by atoms with Gasteiger partial charge in [0.05, 0.1) is 46.0 Å². The van der Waals surface area contributed by atoms with Crippen LogP contribution in [0.15, 0.2) is 127 Å². The van der Waals surface area contributed by atoms with Gasteiger partial charge in [-0.25, -0.2) is 4.85 Å². The number of hydrogen-bond donors (Lipinski definition) is 0. The summed E-state index contributed by atoms with van der Waals surface area (Å²) in [5, 5.41) is 14.8. The van der Waals surface area contributed by atoms with Crippen LogP contribution in [0.5, 0.6) is 0 Å². The first kappa shape index (κ1) is 24.7. The summed E-state index contributed by atoms with van der Waals surface area (Å²) in [7, 11) is 0. The fourth-order valence-electron chi connectivity index (χ4n) is 6.59. The molecule has 0 amide bonds. The fraction of sp³-hybridized carbons (Fsp3) is 0.0256. The van der Waals surface area contributed by atoms with E-state index in [1.54, 1.807) is 6.07 Å². The van der Waals surface area contributed by atoms with Crippen LogP contribution in [0.25, 0.3) is 71.0 Å². The highest BCUT2D eigenvalue weighted by Crippen LogP contribution is 2.41. The van der Waals surface area contributed by atoms with Gasteiger partial charge >= 0.3 is 0 Å². The lowest BCUT2D eigenvalue weighted by atomic mass is 9.98. The summed E-state index contributed by atoms with van der Waals surface area (Å²) in [4.78, 5) is 3.63. The Bertz CT molecular complexity index is 2480. The second kappa shape index (κ2) is 9.48. The summed E-state index contributed by atoms with van der Waals surface area (Å²) in [6.45, 7) is 9.48. The van der Waals surface area contributed by atoms with E-state index >= 15 is 0 Å². The third kappa shape index (κ3) is 3.61. The highest BCUT2D eigenvalue weighted by atomic mass is 15.0. The SMILES string of the molecule is [C-]#[N+]c1cc(C#N)c(-n2c3ccccc3c3c(-c4ccc5c(c4)c4ccccc4n5-c4ccccc4)cccc32)cc1C. The molecule has 0 radical (unpaired) electrons. The van der Waals surface area contributed by atoms with Gasteiger partial charge in [-0.05, 0) is 78.2 Å². The Hall–Kier alpha value is -6.10. The Labute approximate surface area is 248 Å². The average molecular weight is 549 g/mol. The largest absolute Gasteiger partial charge is 0.309 e. The number of aryl methyl sites for hydroxylation is 1. The molecule has 0 atom stereocenters. The number of fused-ring (bicyclic) bond motifs is 6. The van der Waals surface area contributed by atoms with E-state index < -0.39 is 0 Å². The van der Waals surface area contributed by atoms with Crippen LogP contribution in [0.2, 0.25) is 0 Å². The van der Waals surface area contributed by atoms with Gasteiger partial charge in [0.2, 0.25) is 0 Å². The average Bonchev–Trinajstić information content (AvgIpc) is 3.57. The molecular formula is C39H24N4. The predicted molar refractivity (Wildman–Crippen MR) is 176 cm³/mol. The van der Waals surface area contributed by atoms with E-state index in [1.807, 2.05) is 25.1 Å². The zero-order valence-electron chi connectivity index (χ0n) is 23.4. The van der Waals surface area contributed by atoms with Gasteiger partial charge in [0.25, 0.3) is 0 Å². The molecule has 2 aromatic heterocycles. The van der Waals surface area contributed by atoms with E-state index in [-0.39, 0.29) is 0 Å². The van der Waals surface area contributed by atoms with Crippen LogP contribution in [-0.2, 0) is 0 Å². The Balaban J connectivity index is 1.43. The molecule has 8 aromatic rings. The van der Waals surface area contributed by atoms with Gasteiger partial charge in [-0.15, -0.1) is 0 Å². The van der Waals surface area contributed by atoms with Crippen molar-refractivity contribution in [3.8, 4) is 28.6 Å². The number of rotatable bonds is 3. The van der Waals surface area contributed by atoms with Crippen molar-refractivity contribution in [1.82, 2.24) is 9.13 Å². The van der Waals surface area contributed by atoms with Gasteiger partial charge in [-0.1, -0.05) is 72.8 Å². The molecule has 6 aromatic carbocycles. The maximum absolute atomic E-state index is 10.1. The van der Waals surface area contributed by atoms with Gasteiger partial charge < -0.3 is 9.13 Å². The second-order valence-electron chi connectivity index (χ2n) is 10.9. The Morgan fingerprint density at radius 2 is 1.30 bits per heavy atom. The van der Waals surface area contributed by atoms with Crippen molar-refractivity contribution in [3.05, 3.63) is 150 Å². The van der Waals surface area contributed by atoms with Crippen molar-refractivity contribution in [3.63, 3.8) is 0 Å². The molecule has 43 heavy (non-hydrogen) atoms. The molecule has 0 aliphatic rings. The molecule has 0 aliphatic heterocycles. The van der Waals surface area contributed by atoms with Crippen LogP contribution >= 0.6 is 0 Å². The van der Waals surface area contributed by atoms with Crippen molar-refractivity contribution >= 4 is 49.3 Å². The van der Waals surface area contributed by atoms with Gasteiger partial charge in [-0.2, -0.15) is 5.26 Å². The monoisotopic (exact) mass is 548 g/mol. The van der Waals surface area contributed by atoms with E-state index in [2.05, 4.69) is 123 Å². The third-order valence-electron chi connectivity index (χ3n) is 8.49. The maximum Gasteiger partial charge on any atom is 0.191 e. The number of para-hydroxylation sites is 3. The fourth-order valence-corrected chi connectivity index (χ4v) is 6.59. The summed E-state index contributed by atoms with van der Waals surface area (Å²) in [6.07, 6.45) is 0. The summed E-state index contributed by atoms with van der Waals surface area (Å²) in [6, 6.07) is 46.6. The minimum absolute atomic E-state index is 0.486. The van der Waals surface area contributed by atoms with Crippen LogP contribution in [0.1, 0.15) is 11.1 Å². The van der Waals surface area contributed by atoms with Crippen molar-refractivity contribution in [2.75, 3.05) is 0 Å². The number of aromatic nitrogens is 2. The maximum atomic E-state index is 10.1. The lowest BCUT2D eigenvalue weighted by molar-refractivity contribution is 1.16. The summed E-state index contributed by atoms with van der Waals surface area (Å²) in [5.74, 6) is 0. The van der Waals surface area contributed by atoms with Crippen LogP contribution in [-0.4, -0.2) is 9.13 Å². The van der Waals surface area contributed by atoms with Crippen LogP contribution in [0.4, 0.5) is 5.69 Å². The molecule has 4 heteroatoms. The Kier molecular flexibility index (Phi) is 5.44. The number of hydrogen-bond acceptors (Lipinski definition) is 1. The molecule has 0 saturated heterocycles.